The molecule has 3 rings (SSSR count). The number of hydrogen-bond donors (Lipinski definition) is 1. The van der Waals surface area contributed by atoms with Crippen LogP contribution < -0.4 is 4.90 Å². The molecule has 2 heterocycles. The van der Waals surface area contributed by atoms with Gasteiger partial charge in [0.1, 0.15) is 5.60 Å². The maximum Gasteiger partial charge on any atom is 0.410 e. The van der Waals surface area contributed by atoms with Crippen molar-refractivity contribution >= 4 is 17.7 Å². The monoisotopic (exact) mass is 332 g/mol. The summed E-state index contributed by atoms with van der Waals surface area (Å²) < 4.78 is 5.44. The average molecular weight is 332 g/mol. The van der Waals surface area contributed by atoms with Crippen molar-refractivity contribution in [3.8, 4) is 0 Å². The second kappa shape index (κ2) is 6.09. The van der Waals surface area contributed by atoms with E-state index in [9.17, 15) is 14.7 Å². The van der Waals surface area contributed by atoms with Crippen molar-refractivity contribution < 1.29 is 19.4 Å². The number of aliphatic hydroxyl groups is 1. The largest absolute Gasteiger partial charge is 0.444 e. The lowest BCUT2D eigenvalue weighted by Crippen LogP contribution is -2.40. The fraction of sp³-hybridized carbons (Fsp3) is 0.556. The zero-order valence-electron chi connectivity index (χ0n) is 14.4. The third-order valence-corrected chi connectivity index (χ3v) is 4.27. The predicted octanol–water partition coefficient (Wildman–Crippen LogP) is 2.08. The minimum Gasteiger partial charge on any atom is -0.444 e. The number of amides is 2. The summed E-state index contributed by atoms with van der Waals surface area (Å²) in [5.74, 6) is -0.0674. The molecule has 6 nitrogen and oxygen atoms in total. The Hall–Kier alpha value is -2.08. The van der Waals surface area contributed by atoms with Crippen LogP contribution in [0.15, 0.2) is 18.2 Å². The number of anilines is 1. The summed E-state index contributed by atoms with van der Waals surface area (Å²) in [6, 6.07) is 5.87. The van der Waals surface area contributed by atoms with Crippen molar-refractivity contribution in [3.05, 3.63) is 29.3 Å². The first-order valence-electron chi connectivity index (χ1n) is 8.31. The number of ether oxygens (including phenoxy) is 1. The van der Waals surface area contributed by atoms with E-state index < -0.39 is 11.7 Å². The van der Waals surface area contributed by atoms with Crippen LogP contribution in [-0.4, -0.2) is 46.8 Å². The fourth-order valence-corrected chi connectivity index (χ4v) is 3.13. The van der Waals surface area contributed by atoms with Crippen molar-refractivity contribution in [1.82, 2.24) is 4.90 Å². The summed E-state index contributed by atoms with van der Waals surface area (Å²) >= 11 is 0. The number of aliphatic hydroxyl groups excluding tert-OH is 1. The molecule has 0 bridgehead atoms. The Kier molecular flexibility index (Phi) is 4.25. The van der Waals surface area contributed by atoms with E-state index in [0.717, 1.165) is 17.7 Å². The van der Waals surface area contributed by atoms with Crippen LogP contribution in [0.5, 0.6) is 0 Å². The lowest BCUT2D eigenvalue weighted by molar-refractivity contribution is -0.117. The second-order valence-corrected chi connectivity index (χ2v) is 7.47. The number of nitrogens with zero attached hydrogens (tertiary/aromatic N) is 2. The molecule has 2 aliphatic heterocycles. The molecule has 0 radical (unpaired) electrons. The Morgan fingerprint density at radius 1 is 1.29 bits per heavy atom. The van der Waals surface area contributed by atoms with Crippen molar-refractivity contribution in [2.45, 2.75) is 51.9 Å². The summed E-state index contributed by atoms with van der Waals surface area (Å²) in [5, 5.41) is 9.66. The van der Waals surface area contributed by atoms with Crippen molar-refractivity contribution in [1.29, 1.82) is 0 Å². The molecular formula is C18H24N2O4. The molecule has 0 saturated carbocycles. The molecule has 1 fully saturated rings. The number of carbonyl (C=O) groups excluding carboxylic acids is 2. The first kappa shape index (κ1) is 16.8. The van der Waals surface area contributed by atoms with Crippen LogP contribution in [0, 0.1) is 0 Å². The van der Waals surface area contributed by atoms with Crippen LogP contribution in [-0.2, 0) is 22.5 Å². The predicted molar refractivity (Wildman–Crippen MR) is 89.8 cm³/mol. The minimum absolute atomic E-state index is 0.0674. The molecule has 0 aromatic heterocycles. The molecule has 130 valence electrons. The summed E-state index contributed by atoms with van der Waals surface area (Å²) in [4.78, 5) is 27.5. The van der Waals surface area contributed by atoms with Gasteiger partial charge in [0.2, 0.25) is 5.91 Å². The second-order valence-electron chi connectivity index (χ2n) is 7.47. The molecular weight excluding hydrogens is 308 g/mol. The van der Waals surface area contributed by atoms with Crippen LogP contribution in [0.25, 0.3) is 0 Å². The highest BCUT2D eigenvalue weighted by Gasteiger charge is 2.30. The molecule has 6 heteroatoms. The van der Waals surface area contributed by atoms with Gasteiger partial charge in [0.25, 0.3) is 0 Å². The molecule has 1 N–H and O–H groups in total. The van der Waals surface area contributed by atoms with Gasteiger partial charge in [0.05, 0.1) is 19.1 Å². The van der Waals surface area contributed by atoms with Crippen LogP contribution in [0.2, 0.25) is 0 Å². The summed E-state index contributed by atoms with van der Waals surface area (Å²) in [6.07, 6.45) is 0.0185. The topological polar surface area (TPSA) is 70.1 Å². The van der Waals surface area contributed by atoms with E-state index in [4.69, 9.17) is 4.74 Å². The number of β-amino-alcohol motifs (C(OH)–C–C–N with tert-alkyl or cyclic N) is 1. The Balaban J connectivity index is 1.77. The van der Waals surface area contributed by atoms with Crippen LogP contribution >= 0.6 is 0 Å². The number of hydrogen-bond acceptors (Lipinski definition) is 4. The zero-order valence-corrected chi connectivity index (χ0v) is 14.4. The highest BCUT2D eigenvalue weighted by molar-refractivity contribution is 5.96. The molecule has 2 amide bonds. The summed E-state index contributed by atoms with van der Waals surface area (Å²) in [7, 11) is 0. The summed E-state index contributed by atoms with van der Waals surface area (Å²) in [5.41, 5.74) is 2.48. The normalized spacial score (nSPS) is 21.0. The number of rotatable bonds is 1. The molecule has 1 unspecified atom stereocenters. The maximum atomic E-state index is 12.3. The van der Waals surface area contributed by atoms with Crippen LogP contribution in [0.3, 0.4) is 0 Å². The average Bonchev–Trinajstić information content (AvgIpc) is 2.83. The number of fused-ring (bicyclic) bond motifs is 1. The first-order valence-corrected chi connectivity index (χ1v) is 8.31. The lowest BCUT2D eigenvalue weighted by atomic mass is 9.99. The van der Waals surface area contributed by atoms with E-state index in [0.29, 0.717) is 19.6 Å². The molecule has 1 aromatic rings. The van der Waals surface area contributed by atoms with Crippen LogP contribution in [0.4, 0.5) is 10.5 Å². The van der Waals surface area contributed by atoms with Crippen molar-refractivity contribution in [2.24, 2.45) is 0 Å². The third-order valence-electron chi connectivity index (χ3n) is 4.27. The van der Waals surface area contributed by atoms with E-state index in [-0.39, 0.29) is 18.4 Å². The van der Waals surface area contributed by atoms with Gasteiger partial charge < -0.3 is 19.6 Å². The Morgan fingerprint density at radius 3 is 2.67 bits per heavy atom. The Morgan fingerprint density at radius 2 is 2.04 bits per heavy atom. The quantitative estimate of drug-likeness (QED) is 0.855. The fourth-order valence-electron chi connectivity index (χ4n) is 3.13. The smallest absolute Gasteiger partial charge is 0.410 e. The molecule has 24 heavy (non-hydrogen) atoms. The van der Waals surface area contributed by atoms with Gasteiger partial charge in [-0.05, 0) is 50.5 Å². The highest BCUT2D eigenvalue weighted by Crippen LogP contribution is 2.28. The van der Waals surface area contributed by atoms with Gasteiger partial charge in [-0.25, -0.2) is 4.79 Å². The van der Waals surface area contributed by atoms with E-state index in [1.807, 2.05) is 39.0 Å². The third kappa shape index (κ3) is 3.53. The SMILES string of the molecule is CC(C)(C)OC(=O)N1CCc2ccc(N3CC(O)CC3=O)cc2C1. The van der Waals surface area contributed by atoms with E-state index in [1.165, 1.54) is 5.56 Å². The molecule has 2 aliphatic rings. The highest BCUT2D eigenvalue weighted by atomic mass is 16.6. The van der Waals surface area contributed by atoms with Gasteiger partial charge in [-0.1, -0.05) is 6.07 Å². The maximum absolute atomic E-state index is 12.3. The molecule has 1 atom stereocenters. The molecule has 1 saturated heterocycles. The van der Waals surface area contributed by atoms with E-state index >= 15 is 0 Å². The van der Waals surface area contributed by atoms with Gasteiger partial charge in [-0.2, -0.15) is 0 Å². The van der Waals surface area contributed by atoms with Gasteiger partial charge in [0, 0.05) is 18.8 Å². The van der Waals surface area contributed by atoms with Gasteiger partial charge >= 0.3 is 6.09 Å². The standard InChI is InChI=1S/C18H24N2O4/c1-18(2,3)24-17(23)19-7-6-12-4-5-14(8-13(12)10-19)20-11-15(21)9-16(20)22/h4-5,8,15,21H,6-7,9-11H2,1-3H3. The van der Waals surface area contributed by atoms with Crippen LogP contribution in [0.1, 0.15) is 38.3 Å². The van der Waals surface area contributed by atoms with Crippen molar-refractivity contribution in [2.75, 3.05) is 18.0 Å². The van der Waals surface area contributed by atoms with Crippen molar-refractivity contribution in [3.63, 3.8) is 0 Å². The van der Waals surface area contributed by atoms with Gasteiger partial charge in [0.15, 0.2) is 0 Å². The summed E-state index contributed by atoms with van der Waals surface area (Å²) in [6.45, 7) is 6.99. The Labute approximate surface area is 142 Å². The lowest BCUT2D eigenvalue weighted by Gasteiger charge is -2.31. The minimum atomic E-state index is -0.605. The Bertz CT molecular complexity index is 665. The first-order chi connectivity index (χ1) is 11.2. The number of benzene rings is 1. The van der Waals surface area contributed by atoms with E-state index in [1.54, 1.807) is 9.80 Å². The number of carbonyl (C=O) groups is 2. The molecule has 1 aromatic carbocycles. The zero-order chi connectivity index (χ0) is 17.5. The van der Waals surface area contributed by atoms with E-state index in [2.05, 4.69) is 0 Å². The molecule has 0 spiro atoms. The molecule has 0 aliphatic carbocycles. The van der Waals surface area contributed by atoms with Gasteiger partial charge in [-0.3, -0.25) is 4.79 Å². The van der Waals surface area contributed by atoms with Gasteiger partial charge in [-0.15, -0.1) is 0 Å².